The summed E-state index contributed by atoms with van der Waals surface area (Å²) in [4.78, 5) is 14.8. The van der Waals surface area contributed by atoms with Crippen molar-refractivity contribution in [2.75, 3.05) is 45.6 Å². The van der Waals surface area contributed by atoms with E-state index < -0.39 is 0 Å². The van der Waals surface area contributed by atoms with Crippen molar-refractivity contribution in [2.24, 2.45) is 0 Å². The second kappa shape index (κ2) is 14.2. The third-order valence-corrected chi connectivity index (χ3v) is 6.44. The van der Waals surface area contributed by atoms with Gasteiger partial charge in [0.05, 0.1) is 0 Å². The number of hydrogen-bond donors (Lipinski definition) is 3. The molecule has 0 saturated carbocycles. The van der Waals surface area contributed by atoms with E-state index in [1.165, 1.54) is 22.3 Å². The van der Waals surface area contributed by atoms with Gasteiger partial charge in [-0.15, -0.1) is 0 Å². The molecule has 0 aliphatic rings. The first kappa shape index (κ1) is 28.0. The Balaban J connectivity index is 1.67. The van der Waals surface area contributed by atoms with E-state index >= 15 is 0 Å². The van der Waals surface area contributed by atoms with E-state index in [9.17, 15) is 4.79 Å². The molecule has 192 valence electrons. The molecule has 0 aliphatic heterocycles. The number of rotatable bonds is 12. The Kier molecular flexibility index (Phi) is 11.1. The lowest BCUT2D eigenvalue weighted by Crippen LogP contribution is -2.33. The van der Waals surface area contributed by atoms with Crippen LogP contribution in [0.4, 0.5) is 10.5 Å². The lowest BCUT2D eigenvalue weighted by molar-refractivity contribution is 0.251. The number of amides is 2. The fourth-order valence-corrected chi connectivity index (χ4v) is 4.57. The molecule has 0 fully saturated rings. The van der Waals surface area contributed by atoms with Crippen LogP contribution in [0.1, 0.15) is 29.9 Å². The highest BCUT2D eigenvalue weighted by molar-refractivity contribution is 6.35. The van der Waals surface area contributed by atoms with Crippen molar-refractivity contribution >= 4 is 34.9 Å². The molecule has 1 unspecified atom stereocenters. The van der Waals surface area contributed by atoms with Crippen LogP contribution >= 0.6 is 23.2 Å². The summed E-state index contributed by atoms with van der Waals surface area (Å²) in [6.07, 6.45) is 2.01. The van der Waals surface area contributed by atoms with E-state index in [4.69, 9.17) is 23.2 Å². The van der Waals surface area contributed by atoms with Crippen LogP contribution in [0.2, 0.25) is 10.0 Å². The number of urea groups is 1. The molecule has 0 aliphatic carbocycles. The molecule has 3 rings (SSSR count). The lowest BCUT2D eigenvalue weighted by Gasteiger charge is -2.20. The summed E-state index contributed by atoms with van der Waals surface area (Å²) in [5.74, 6) is 0.158. The molecule has 3 aromatic carbocycles. The van der Waals surface area contributed by atoms with E-state index in [0.717, 1.165) is 32.5 Å². The van der Waals surface area contributed by atoms with Gasteiger partial charge < -0.3 is 20.9 Å². The molecule has 0 aromatic heterocycles. The normalized spacial score (nSPS) is 11.9. The van der Waals surface area contributed by atoms with Crippen LogP contribution in [0.3, 0.4) is 0 Å². The Morgan fingerprint density at radius 1 is 0.917 bits per heavy atom. The topological polar surface area (TPSA) is 56.4 Å². The summed E-state index contributed by atoms with van der Waals surface area (Å²) in [5, 5.41) is 10.4. The van der Waals surface area contributed by atoms with Gasteiger partial charge in [0.15, 0.2) is 0 Å². The maximum absolute atomic E-state index is 12.6. The Labute approximate surface area is 225 Å². The van der Waals surface area contributed by atoms with Crippen LogP contribution in [-0.2, 0) is 0 Å². The number of nitrogens with zero attached hydrogens (tertiary/aromatic N) is 1. The molecule has 1 atom stereocenters. The number of halogens is 2. The van der Waals surface area contributed by atoms with Crippen LogP contribution in [0, 0.1) is 6.92 Å². The largest absolute Gasteiger partial charge is 0.337 e. The number of anilines is 1. The summed E-state index contributed by atoms with van der Waals surface area (Å²) < 4.78 is 0. The SMILES string of the molecule is Cc1ccc(-c2cccc(C(CCNCCCN(C)C)CNC(=O)Nc3cc(Cl)cc(Cl)c3)c2)cc1. The van der Waals surface area contributed by atoms with Gasteiger partial charge in [0.1, 0.15) is 0 Å². The zero-order valence-corrected chi connectivity index (χ0v) is 22.8. The predicted octanol–water partition coefficient (Wildman–Crippen LogP) is 6.81. The van der Waals surface area contributed by atoms with Crippen molar-refractivity contribution in [1.29, 1.82) is 0 Å². The third kappa shape index (κ3) is 9.47. The van der Waals surface area contributed by atoms with Crippen LogP contribution in [-0.4, -0.2) is 51.2 Å². The second-order valence-electron chi connectivity index (χ2n) is 9.38. The number of aryl methyl sites for hydroxylation is 1. The Morgan fingerprint density at radius 2 is 1.64 bits per heavy atom. The maximum atomic E-state index is 12.6. The first-order valence-electron chi connectivity index (χ1n) is 12.3. The van der Waals surface area contributed by atoms with Crippen LogP contribution in [0.15, 0.2) is 66.7 Å². The van der Waals surface area contributed by atoms with Gasteiger partial charge in [-0.2, -0.15) is 0 Å². The van der Waals surface area contributed by atoms with Gasteiger partial charge in [-0.3, -0.25) is 0 Å². The van der Waals surface area contributed by atoms with Crippen LogP contribution < -0.4 is 16.0 Å². The van der Waals surface area contributed by atoms with Crippen LogP contribution in [0.5, 0.6) is 0 Å². The van der Waals surface area contributed by atoms with E-state index in [1.54, 1.807) is 18.2 Å². The molecule has 3 aromatic rings. The Bertz CT molecular complexity index is 1100. The first-order valence-corrected chi connectivity index (χ1v) is 13.1. The summed E-state index contributed by atoms with van der Waals surface area (Å²) >= 11 is 12.1. The van der Waals surface area contributed by atoms with E-state index in [0.29, 0.717) is 22.3 Å². The van der Waals surface area contributed by atoms with Gasteiger partial charge in [0.2, 0.25) is 0 Å². The fourth-order valence-electron chi connectivity index (χ4n) is 4.04. The minimum atomic E-state index is -0.285. The summed E-state index contributed by atoms with van der Waals surface area (Å²) in [7, 11) is 4.18. The quantitative estimate of drug-likeness (QED) is 0.227. The van der Waals surface area contributed by atoms with Gasteiger partial charge >= 0.3 is 6.03 Å². The summed E-state index contributed by atoms with van der Waals surface area (Å²) in [6, 6.07) is 21.9. The molecule has 0 heterocycles. The van der Waals surface area contributed by atoms with Crippen molar-refractivity contribution in [3.05, 3.63) is 87.9 Å². The Morgan fingerprint density at radius 3 is 2.33 bits per heavy atom. The van der Waals surface area contributed by atoms with Gasteiger partial charge in [-0.1, -0.05) is 77.3 Å². The molecule has 0 spiro atoms. The van der Waals surface area contributed by atoms with Crippen molar-refractivity contribution in [3.63, 3.8) is 0 Å². The standard InChI is InChI=1S/C29H36Cl2N4O/c1-21-8-10-22(11-9-21)23-6-4-7-24(16-23)25(12-14-32-13-5-15-35(2)3)20-33-29(36)34-28-18-26(30)17-27(31)19-28/h4,6-11,16-19,25,32H,5,12-15,20H2,1-3H3,(H2,33,34,36). The molecule has 5 nitrogen and oxygen atoms in total. The number of carbonyl (C=O) groups is 1. The average Bonchev–Trinajstić information content (AvgIpc) is 2.83. The highest BCUT2D eigenvalue weighted by Gasteiger charge is 2.15. The van der Waals surface area contributed by atoms with Gasteiger partial charge in [-0.05, 0) is 88.4 Å². The second-order valence-corrected chi connectivity index (χ2v) is 10.2. The highest BCUT2D eigenvalue weighted by Crippen LogP contribution is 2.26. The molecule has 0 saturated heterocycles. The van der Waals surface area contributed by atoms with Gasteiger partial charge in [0, 0.05) is 28.2 Å². The minimum Gasteiger partial charge on any atom is -0.337 e. The molecule has 2 amide bonds. The number of benzene rings is 3. The van der Waals surface area contributed by atoms with Gasteiger partial charge in [-0.25, -0.2) is 4.79 Å². The van der Waals surface area contributed by atoms with Crippen molar-refractivity contribution in [3.8, 4) is 11.1 Å². The zero-order valence-electron chi connectivity index (χ0n) is 21.3. The number of hydrogen-bond acceptors (Lipinski definition) is 3. The van der Waals surface area contributed by atoms with Crippen molar-refractivity contribution in [2.45, 2.75) is 25.7 Å². The summed E-state index contributed by atoms with van der Waals surface area (Å²) in [6.45, 7) is 5.51. The highest BCUT2D eigenvalue weighted by atomic mass is 35.5. The fraction of sp³-hybridized carbons (Fsp3) is 0.345. The number of carbonyl (C=O) groups excluding carboxylic acids is 1. The summed E-state index contributed by atoms with van der Waals surface area (Å²) in [5.41, 5.74) is 5.37. The van der Waals surface area contributed by atoms with Gasteiger partial charge in [0.25, 0.3) is 0 Å². The third-order valence-electron chi connectivity index (χ3n) is 6.00. The number of nitrogens with one attached hydrogen (secondary N) is 3. The molecular weight excluding hydrogens is 491 g/mol. The van der Waals surface area contributed by atoms with Crippen LogP contribution in [0.25, 0.3) is 11.1 Å². The monoisotopic (exact) mass is 526 g/mol. The molecule has 0 bridgehead atoms. The predicted molar refractivity (Wildman–Crippen MR) is 153 cm³/mol. The first-order chi connectivity index (χ1) is 17.3. The van der Waals surface area contributed by atoms with Crippen molar-refractivity contribution in [1.82, 2.24) is 15.5 Å². The van der Waals surface area contributed by atoms with E-state index in [-0.39, 0.29) is 11.9 Å². The smallest absolute Gasteiger partial charge is 0.319 e. The average molecular weight is 528 g/mol. The lowest BCUT2D eigenvalue weighted by atomic mass is 9.92. The van der Waals surface area contributed by atoms with E-state index in [1.807, 2.05) is 0 Å². The van der Waals surface area contributed by atoms with Crippen molar-refractivity contribution < 1.29 is 4.79 Å². The molecule has 36 heavy (non-hydrogen) atoms. The minimum absolute atomic E-state index is 0.158. The van der Waals surface area contributed by atoms with E-state index in [2.05, 4.69) is 90.4 Å². The maximum Gasteiger partial charge on any atom is 0.319 e. The Hall–Kier alpha value is -2.57. The molecule has 7 heteroatoms. The molecule has 0 radical (unpaired) electrons. The molecular formula is C29H36Cl2N4O. The zero-order chi connectivity index (χ0) is 25.9. The molecule has 3 N–H and O–H groups in total.